The van der Waals surface area contributed by atoms with E-state index in [1.165, 1.54) is 0 Å². The smallest absolute Gasteiger partial charge is 0.152 e. The molecule has 0 amide bonds. The second-order valence-electron chi connectivity index (χ2n) is 7.17. The predicted molar refractivity (Wildman–Crippen MR) is 86.3 cm³/mol. The summed E-state index contributed by atoms with van der Waals surface area (Å²) in [5, 5.41) is 4.75. The average Bonchev–Trinajstić information content (AvgIpc) is 2.93. The summed E-state index contributed by atoms with van der Waals surface area (Å²) in [6, 6.07) is 2.08. The van der Waals surface area contributed by atoms with Gasteiger partial charge in [-0.15, -0.1) is 0 Å². The van der Waals surface area contributed by atoms with Crippen LogP contribution in [0.2, 0.25) is 0 Å². The molecule has 5 heteroatoms. The molecule has 118 valence electrons. The number of nitrogens with zero attached hydrogens (tertiary/aromatic N) is 4. The monoisotopic (exact) mass is 292 g/mol. The lowest BCUT2D eigenvalue weighted by atomic mass is 9.92. The lowest BCUT2D eigenvalue weighted by molar-refractivity contribution is 0.0439. The fraction of sp³-hybridized carbons (Fsp3) is 0.750. The third kappa shape index (κ3) is 4.30. The molecule has 0 saturated carbocycles. The Balaban J connectivity index is 2.22. The zero-order valence-electron chi connectivity index (χ0n) is 14.1. The Labute approximate surface area is 128 Å². The Hall–Kier alpha value is -1.36. The molecule has 5 nitrogen and oxygen atoms in total. The summed E-state index contributed by atoms with van der Waals surface area (Å²) in [5.74, 6) is 0.900. The Morgan fingerprint density at radius 3 is 2.67 bits per heavy atom. The molecule has 0 N–H and O–H groups in total. The highest BCUT2D eigenvalue weighted by molar-refractivity contribution is 5.59. The molecular formula is C16H28N4O. The van der Waals surface area contributed by atoms with Crippen LogP contribution in [0.3, 0.4) is 0 Å². The van der Waals surface area contributed by atoms with Gasteiger partial charge >= 0.3 is 0 Å². The molecule has 1 fully saturated rings. The van der Waals surface area contributed by atoms with Gasteiger partial charge in [0.2, 0.25) is 0 Å². The molecule has 2 atom stereocenters. The van der Waals surface area contributed by atoms with Gasteiger partial charge in [-0.05, 0) is 19.8 Å². The van der Waals surface area contributed by atoms with Crippen molar-refractivity contribution in [2.75, 3.05) is 14.1 Å². The maximum absolute atomic E-state index is 5.92. The van der Waals surface area contributed by atoms with Gasteiger partial charge < -0.3 is 9.64 Å². The van der Waals surface area contributed by atoms with Gasteiger partial charge in [0.05, 0.1) is 30.8 Å². The molecule has 0 spiro atoms. The van der Waals surface area contributed by atoms with Crippen molar-refractivity contribution >= 4 is 12.2 Å². The van der Waals surface area contributed by atoms with Gasteiger partial charge in [0.1, 0.15) is 0 Å². The van der Waals surface area contributed by atoms with Crippen LogP contribution in [-0.2, 0) is 16.7 Å². The van der Waals surface area contributed by atoms with E-state index in [0.29, 0.717) is 6.10 Å². The van der Waals surface area contributed by atoms with E-state index >= 15 is 0 Å². The summed E-state index contributed by atoms with van der Waals surface area (Å²) in [5.41, 5.74) is 1.09. The number of aromatic nitrogens is 2. The van der Waals surface area contributed by atoms with Gasteiger partial charge in [0.25, 0.3) is 0 Å². The van der Waals surface area contributed by atoms with Gasteiger partial charge in [-0.3, -0.25) is 0 Å². The number of aliphatic imine (C=N–C) groups is 1. The van der Waals surface area contributed by atoms with E-state index in [0.717, 1.165) is 30.9 Å². The summed E-state index contributed by atoms with van der Waals surface area (Å²) in [7, 11) is 3.94. The first-order valence-electron chi connectivity index (χ1n) is 7.70. The van der Waals surface area contributed by atoms with Crippen molar-refractivity contribution in [3.05, 3.63) is 11.8 Å². The second-order valence-corrected chi connectivity index (χ2v) is 7.17. The van der Waals surface area contributed by atoms with Crippen LogP contribution in [0.1, 0.15) is 46.2 Å². The topological polar surface area (TPSA) is 42.7 Å². The van der Waals surface area contributed by atoms with Crippen LogP contribution in [0.25, 0.3) is 0 Å². The van der Waals surface area contributed by atoms with E-state index in [2.05, 4.69) is 38.8 Å². The molecule has 1 aromatic heterocycles. The molecule has 0 radical (unpaired) electrons. The molecule has 0 bridgehead atoms. The standard InChI is InChI=1S/C16H28N4O/c1-12-7-8-13(21-12)10-20-15(17-11-19(5)6)9-14(18-20)16(2,3)4/h9,11-13H,7-8,10H2,1-6H3/b17-11+/t12-,13-/m1/s1. The molecule has 2 heterocycles. The summed E-state index contributed by atoms with van der Waals surface area (Å²) in [4.78, 5) is 6.48. The van der Waals surface area contributed by atoms with Crippen LogP contribution in [0, 0.1) is 0 Å². The van der Waals surface area contributed by atoms with E-state index in [9.17, 15) is 0 Å². The molecule has 0 aliphatic carbocycles. The predicted octanol–water partition coefficient (Wildman–Crippen LogP) is 2.97. The first kappa shape index (κ1) is 16.0. The maximum atomic E-state index is 5.92. The van der Waals surface area contributed by atoms with Crippen molar-refractivity contribution < 1.29 is 4.74 Å². The van der Waals surface area contributed by atoms with Gasteiger partial charge in [0, 0.05) is 25.6 Å². The highest BCUT2D eigenvalue weighted by Crippen LogP contribution is 2.27. The first-order valence-corrected chi connectivity index (χ1v) is 7.70. The van der Waals surface area contributed by atoms with E-state index < -0.39 is 0 Å². The van der Waals surface area contributed by atoms with Gasteiger partial charge in [-0.2, -0.15) is 5.10 Å². The van der Waals surface area contributed by atoms with Crippen LogP contribution < -0.4 is 0 Å². The number of ether oxygens (including phenoxy) is 1. The van der Waals surface area contributed by atoms with Crippen molar-refractivity contribution in [3.8, 4) is 0 Å². The summed E-state index contributed by atoms with van der Waals surface area (Å²) >= 11 is 0. The largest absolute Gasteiger partial charge is 0.373 e. The Morgan fingerprint density at radius 2 is 2.14 bits per heavy atom. The van der Waals surface area contributed by atoms with Crippen LogP contribution in [0.15, 0.2) is 11.1 Å². The highest BCUT2D eigenvalue weighted by Gasteiger charge is 2.25. The molecule has 1 aromatic rings. The van der Waals surface area contributed by atoms with Gasteiger partial charge in [-0.1, -0.05) is 20.8 Å². The lowest BCUT2D eigenvalue weighted by Crippen LogP contribution is -2.19. The minimum Gasteiger partial charge on any atom is -0.373 e. The lowest BCUT2D eigenvalue weighted by Gasteiger charge is -2.15. The highest BCUT2D eigenvalue weighted by atomic mass is 16.5. The second kappa shape index (κ2) is 6.18. The number of rotatable bonds is 4. The van der Waals surface area contributed by atoms with Crippen molar-refractivity contribution in [1.82, 2.24) is 14.7 Å². The van der Waals surface area contributed by atoms with Crippen molar-refractivity contribution in [1.29, 1.82) is 0 Å². The molecule has 2 rings (SSSR count). The molecule has 1 saturated heterocycles. The van der Waals surface area contributed by atoms with Crippen LogP contribution in [-0.4, -0.2) is 47.3 Å². The van der Waals surface area contributed by atoms with Crippen LogP contribution in [0.5, 0.6) is 0 Å². The molecule has 0 aromatic carbocycles. The van der Waals surface area contributed by atoms with E-state index in [4.69, 9.17) is 9.84 Å². The normalized spacial score (nSPS) is 23.1. The van der Waals surface area contributed by atoms with Crippen LogP contribution >= 0.6 is 0 Å². The van der Waals surface area contributed by atoms with Gasteiger partial charge in [-0.25, -0.2) is 9.67 Å². The zero-order chi connectivity index (χ0) is 15.6. The summed E-state index contributed by atoms with van der Waals surface area (Å²) in [6.07, 6.45) is 4.66. The third-order valence-electron chi connectivity index (χ3n) is 3.64. The molecule has 21 heavy (non-hydrogen) atoms. The van der Waals surface area contributed by atoms with Crippen molar-refractivity contribution in [2.45, 2.75) is 64.7 Å². The molecule has 1 aliphatic rings. The first-order chi connectivity index (χ1) is 9.75. The molecular weight excluding hydrogens is 264 g/mol. The average molecular weight is 292 g/mol. The zero-order valence-corrected chi connectivity index (χ0v) is 14.1. The Morgan fingerprint density at radius 1 is 1.43 bits per heavy atom. The van der Waals surface area contributed by atoms with Crippen molar-refractivity contribution in [3.63, 3.8) is 0 Å². The summed E-state index contributed by atoms with van der Waals surface area (Å²) in [6.45, 7) is 9.43. The number of hydrogen-bond acceptors (Lipinski definition) is 3. The Kier molecular flexibility index (Phi) is 4.71. The maximum Gasteiger partial charge on any atom is 0.152 e. The minimum absolute atomic E-state index is 0.0253. The third-order valence-corrected chi connectivity index (χ3v) is 3.64. The van der Waals surface area contributed by atoms with Gasteiger partial charge in [0.15, 0.2) is 5.82 Å². The van der Waals surface area contributed by atoms with E-state index in [-0.39, 0.29) is 11.5 Å². The fourth-order valence-electron chi connectivity index (χ4n) is 2.40. The summed E-state index contributed by atoms with van der Waals surface area (Å²) < 4.78 is 7.91. The fourth-order valence-corrected chi connectivity index (χ4v) is 2.40. The number of hydrogen-bond donors (Lipinski definition) is 0. The molecule has 1 aliphatic heterocycles. The quantitative estimate of drug-likeness (QED) is 0.633. The van der Waals surface area contributed by atoms with E-state index in [1.54, 1.807) is 0 Å². The minimum atomic E-state index is 0.0253. The van der Waals surface area contributed by atoms with Crippen LogP contribution in [0.4, 0.5) is 5.82 Å². The SMILES string of the molecule is C[C@@H]1CC[C@H](Cn2nc(C(C)(C)C)cc2/N=C/N(C)C)O1. The molecule has 0 unspecified atom stereocenters. The van der Waals surface area contributed by atoms with E-state index in [1.807, 2.05) is 30.0 Å². The Bertz CT molecular complexity index is 499. The van der Waals surface area contributed by atoms with Crippen molar-refractivity contribution in [2.24, 2.45) is 4.99 Å².